The quantitative estimate of drug-likeness (QED) is 0.858. The zero-order chi connectivity index (χ0) is 11.7. The molecule has 1 fully saturated rings. The summed E-state index contributed by atoms with van der Waals surface area (Å²) in [6.07, 6.45) is 3.83. The molecule has 1 heterocycles. The zero-order valence-electron chi connectivity index (χ0n) is 9.60. The Morgan fingerprint density at radius 2 is 1.94 bits per heavy atom. The first-order chi connectivity index (χ1) is 8.33. The minimum atomic E-state index is -0.0914. The number of aromatic nitrogens is 1. The zero-order valence-corrected chi connectivity index (χ0v) is 10.4. The van der Waals surface area contributed by atoms with Crippen LogP contribution < -0.4 is 5.32 Å². The molecule has 4 heteroatoms. The van der Waals surface area contributed by atoms with Crippen molar-refractivity contribution in [3.63, 3.8) is 0 Å². The Hall–Kier alpha value is -1.13. The van der Waals surface area contributed by atoms with Crippen LogP contribution in [0.3, 0.4) is 0 Å². The monoisotopic (exact) mass is 248 g/mol. The van der Waals surface area contributed by atoms with Crippen LogP contribution in [0.5, 0.6) is 0 Å². The van der Waals surface area contributed by atoms with Crippen molar-refractivity contribution >= 4 is 27.4 Å². The smallest absolute Gasteiger partial charge is 0.117 e. The summed E-state index contributed by atoms with van der Waals surface area (Å²) in [6, 6.07) is 8.71. The molecule has 0 spiro atoms. The van der Waals surface area contributed by atoms with E-state index in [1.165, 1.54) is 21.9 Å². The molecule has 2 aromatic rings. The average Bonchev–Trinajstić information content (AvgIpc) is 2.76. The standard InChI is InChI=1S/C13H16N2OS/c16-10-7-5-9(6-8-10)14-13-11-3-1-2-4-12(11)15-17-13/h1-4,9-10,14,16H,5-8H2. The number of benzene rings is 1. The highest BCUT2D eigenvalue weighted by Crippen LogP contribution is 2.30. The third-order valence-electron chi connectivity index (χ3n) is 3.42. The summed E-state index contributed by atoms with van der Waals surface area (Å²) in [7, 11) is 0. The van der Waals surface area contributed by atoms with Gasteiger partial charge in [-0.05, 0) is 49.3 Å². The van der Waals surface area contributed by atoms with Crippen molar-refractivity contribution in [1.29, 1.82) is 0 Å². The van der Waals surface area contributed by atoms with Crippen LogP contribution in [0.25, 0.3) is 10.9 Å². The molecular weight excluding hydrogens is 232 g/mol. The first-order valence-corrected chi connectivity index (χ1v) is 6.89. The van der Waals surface area contributed by atoms with Crippen LogP contribution >= 0.6 is 11.5 Å². The van der Waals surface area contributed by atoms with Gasteiger partial charge in [-0.15, -0.1) is 0 Å². The highest BCUT2D eigenvalue weighted by Gasteiger charge is 2.20. The van der Waals surface area contributed by atoms with E-state index in [0.29, 0.717) is 6.04 Å². The molecule has 1 aliphatic rings. The van der Waals surface area contributed by atoms with Gasteiger partial charge in [0.2, 0.25) is 0 Å². The highest BCUT2D eigenvalue weighted by atomic mass is 32.1. The number of anilines is 1. The van der Waals surface area contributed by atoms with Crippen LogP contribution in [0.15, 0.2) is 24.3 Å². The van der Waals surface area contributed by atoms with Gasteiger partial charge < -0.3 is 10.4 Å². The van der Waals surface area contributed by atoms with E-state index in [9.17, 15) is 5.11 Å². The van der Waals surface area contributed by atoms with E-state index in [1.54, 1.807) is 0 Å². The van der Waals surface area contributed by atoms with Gasteiger partial charge in [0.25, 0.3) is 0 Å². The molecule has 0 bridgehead atoms. The maximum Gasteiger partial charge on any atom is 0.117 e. The molecule has 0 radical (unpaired) electrons. The summed E-state index contributed by atoms with van der Waals surface area (Å²) in [5.41, 5.74) is 1.07. The summed E-state index contributed by atoms with van der Waals surface area (Å²) in [4.78, 5) is 0. The van der Waals surface area contributed by atoms with E-state index < -0.39 is 0 Å². The topological polar surface area (TPSA) is 45.1 Å². The molecule has 3 rings (SSSR count). The van der Waals surface area contributed by atoms with Crippen molar-refractivity contribution in [3.8, 4) is 0 Å². The van der Waals surface area contributed by atoms with Gasteiger partial charge in [-0.3, -0.25) is 0 Å². The molecular formula is C13H16N2OS. The molecule has 2 N–H and O–H groups in total. The fraction of sp³-hybridized carbons (Fsp3) is 0.462. The second-order valence-electron chi connectivity index (χ2n) is 4.68. The molecule has 0 aliphatic heterocycles. The van der Waals surface area contributed by atoms with Gasteiger partial charge in [0, 0.05) is 11.4 Å². The lowest BCUT2D eigenvalue weighted by Gasteiger charge is -2.26. The van der Waals surface area contributed by atoms with Gasteiger partial charge in [0.05, 0.1) is 11.6 Å². The van der Waals surface area contributed by atoms with E-state index in [-0.39, 0.29) is 6.10 Å². The molecule has 0 atom stereocenters. The van der Waals surface area contributed by atoms with Crippen molar-refractivity contribution in [3.05, 3.63) is 24.3 Å². The molecule has 1 aromatic heterocycles. The Kier molecular flexibility index (Phi) is 2.99. The predicted octanol–water partition coefficient (Wildman–Crippen LogP) is 3.01. The van der Waals surface area contributed by atoms with Gasteiger partial charge >= 0.3 is 0 Å². The van der Waals surface area contributed by atoms with E-state index in [0.717, 1.165) is 31.2 Å². The van der Waals surface area contributed by atoms with Gasteiger partial charge in [-0.1, -0.05) is 12.1 Å². The first kappa shape index (κ1) is 11.0. The van der Waals surface area contributed by atoms with Crippen molar-refractivity contribution < 1.29 is 5.11 Å². The number of aliphatic hydroxyl groups excluding tert-OH is 1. The Morgan fingerprint density at radius 3 is 2.76 bits per heavy atom. The highest BCUT2D eigenvalue weighted by molar-refractivity contribution is 7.11. The van der Waals surface area contributed by atoms with Gasteiger partial charge in [-0.2, -0.15) is 4.37 Å². The Bertz CT molecular complexity index is 503. The number of fused-ring (bicyclic) bond motifs is 1. The molecule has 0 amide bonds. The molecule has 0 saturated heterocycles. The number of aliphatic hydroxyl groups is 1. The van der Waals surface area contributed by atoms with Crippen LogP contribution in [-0.4, -0.2) is 21.6 Å². The second kappa shape index (κ2) is 4.63. The van der Waals surface area contributed by atoms with Crippen molar-refractivity contribution in [2.24, 2.45) is 0 Å². The largest absolute Gasteiger partial charge is 0.393 e. The third kappa shape index (κ3) is 2.28. The minimum absolute atomic E-state index is 0.0914. The van der Waals surface area contributed by atoms with Crippen LogP contribution in [0.1, 0.15) is 25.7 Å². The lowest BCUT2D eigenvalue weighted by Crippen LogP contribution is -2.27. The number of hydrogen-bond donors (Lipinski definition) is 2. The maximum atomic E-state index is 9.49. The van der Waals surface area contributed by atoms with Gasteiger partial charge in [0.15, 0.2) is 0 Å². The molecule has 3 nitrogen and oxygen atoms in total. The van der Waals surface area contributed by atoms with Crippen molar-refractivity contribution in [2.75, 3.05) is 5.32 Å². The normalized spacial score (nSPS) is 25.0. The lowest BCUT2D eigenvalue weighted by molar-refractivity contribution is 0.126. The number of hydrogen-bond acceptors (Lipinski definition) is 4. The number of nitrogens with zero attached hydrogens (tertiary/aromatic N) is 1. The van der Waals surface area contributed by atoms with E-state index in [2.05, 4.69) is 15.8 Å². The fourth-order valence-electron chi connectivity index (χ4n) is 2.40. The van der Waals surface area contributed by atoms with Gasteiger partial charge in [0.1, 0.15) is 5.00 Å². The van der Waals surface area contributed by atoms with E-state index in [4.69, 9.17) is 0 Å². The average molecular weight is 248 g/mol. The van der Waals surface area contributed by atoms with Crippen molar-refractivity contribution in [1.82, 2.24) is 4.37 Å². The van der Waals surface area contributed by atoms with Gasteiger partial charge in [-0.25, -0.2) is 0 Å². The summed E-state index contributed by atoms with van der Waals surface area (Å²) in [6.45, 7) is 0. The Labute approximate surface area is 105 Å². The number of rotatable bonds is 2. The Balaban J connectivity index is 1.76. The Morgan fingerprint density at radius 1 is 1.18 bits per heavy atom. The molecule has 1 aliphatic carbocycles. The first-order valence-electron chi connectivity index (χ1n) is 6.12. The van der Waals surface area contributed by atoms with Crippen molar-refractivity contribution in [2.45, 2.75) is 37.8 Å². The molecule has 1 saturated carbocycles. The second-order valence-corrected chi connectivity index (χ2v) is 5.45. The van der Waals surface area contributed by atoms with E-state index >= 15 is 0 Å². The number of nitrogens with one attached hydrogen (secondary N) is 1. The third-order valence-corrected chi connectivity index (χ3v) is 4.22. The van der Waals surface area contributed by atoms with Crippen LogP contribution in [0.2, 0.25) is 0 Å². The summed E-state index contributed by atoms with van der Waals surface area (Å²) < 4.78 is 4.43. The van der Waals surface area contributed by atoms with Crippen LogP contribution in [0.4, 0.5) is 5.00 Å². The lowest BCUT2D eigenvalue weighted by atomic mass is 9.93. The SMILES string of the molecule is OC1CCC(Nc2snc3ccccc23)CC1. The molecule has 17 heavy (non-hydrogen) atoms. The molecule has 1 aromatic carbocycles. The predicted molar refractivity (Wildman–Crippen MR) is 71.5 cm³/mol. The van der Waals surface area contributed by atoms with Crippen LogP contribution in [-0.2, 0) is 0 Å². The van der Waals surface area contributed by atoms with E-state index in [1.807, 2.05) is 18.2 Å². The maximum absolute atomic E-state index is 9.49. The molecule has 90 valence electrons. The fourth-order valence-corrected chi connectivity index (χ4v) is 3.24. The summed E-state index contributed by atoms with van der Waals surface area (Å²) in [5, 5.41) is 15.4. The van der Waals surface area contributed by atoms with Crippen LogP contribution in [0, 0.1) is 0 Å². The minimum Gasteiger partial charge on any atom is -0.393 e. The summed E-state index contributed by atoms with van der Waals surface area (Å²) in [5.74, 6) is 0. The summed E-state index contributed by atoms with van der Waals surface area (Å²) >= 11 is 1.53. The molecule has 0 unspecified atom stereocenters.